The van der Waals surface area contributed by atoms with Crippen molar-refractivity contribution in [2.75, 3.05) is 12.8 Å². The standard InChI is InChI=1S/C19H17ClN4O/c1-25-15-8-6-13(7-9-15)12-24-19(22)16(11-21)18(23-24)10-14-4-2-3-5-17(14)20/h2-9H,10,12,22H2,1H3. The number of hydrogen-bond donors (Lipinski definition) is 1. The molecule has 1 aromatic heterocycles. The van der Waals surface area contributed by atoms with Gasteiger partial charge in [-0.1, -0.05) is 41.9 Å². The van der Waals surface area contributed by atoms with E-state index in [9.17, 15) is 5.26 Å². The molecule has 0 atom stereocenters. The van der Waals surface area contributed by atoms with Crippen LogP contribution in [0.5, 0.6) is 5.75 Å². The number of ether oxygens (including phenoxy) is 1. The normalized spacial score (nSPS) is 10.4. The highest BCUT2D eigenvalue weighted by atomic mass is 35.5. The average Bonchev–Trinajstić information content (AvgIpc) is 2.92. The van der Waals surface area contributed by atoms with E-state index in [-0.39, 0.29) is 0 Å². The Kier molecular flexibility index (Phi) is 4.92. The second-order valence-corrected chi connectivity index (χ2v) is 6.00. The third kappa shape index (κ3) is 3.59. The molecule has 0 saturated carbocycles. The predicted octanol–water partition coefficient (Wildman–Crippen LogP) is 3.64. The predicted molar refractivity (Wildman–Crippen MR) is 97.7 cm³/mol. The SMILES string of the molecule is COc1ccc(Cn2nc(Cc3ccccc3Cl)c(C#N)c2N)cc1. The maximum Gasteiger partial charge on any atom is 0.140 e. The van der Waals surface area contributed by atoms with Crippen molar-refractivity contribution in [1.82, 2.24) is 9.78 Å². The minimum absolute atomic E-state index is 0.361. The first kappa shape index (κ1) is 16.9. The Balaban J connectivity index is 1.89. The lowest BCUT2D eigenvalue weighted by molar-refractivity contribution is 0.414. The van der Waals surface area contributed by atoms with Gasteiger partial charge in [-0.2, -0.15) is 10.4 Å². The van der Waals surface area contributed by atoms with Crippen LogP contribution in [-0.4, -0.2) is 16.9 Å². The summed E-state index contributed by atoms with van der Waals surface area (Å²) in [6, 6.07) is 17.3. The number of methoxy groups -OCH3 is 1. The first-order valence-corrected chi connectivity index (χ1v) is 8.11. The van der Waals surface area contributed by atoms with Crippen LogP contribution >= 0.6 is 11.6 Å². The lowest BCUT2D eigenvalue weighted by atomic mass is 10.1. The zero-order chi connectivity index (χ0) is 17.8. The second-order valence-electron chi connectivity index (χ2n) is 5.59. The minimum atomic E-state index is 0.361. The maximum absolute atomic E-state index is 9.46. The van der Waals surface area contributed by atoms with Gasteiger partial charge in [-0.25, -0.2) is 4.68 Å². The van der Waals surface area contributed by atoms with Gasteiger partial charge in [0.1, 0.15) is 23.2 Å². The van der Waals surface area contributed by atoms with Gasteiger partial charge in [0, 0.05) is 11.4 Å². The van der Waals surface area contributed by atoms with Crippen LogP contribution in [0.15, 0.2) is 48.5 Å². The number of nitriles is 1. The lowest BCUT2D eigenvalue weighted by Crippen LogP contribution is -2.06. The van der Waals surface area contributed by atoms with E-state index in [0.29, 0.717) is 35.1 Å². The van der Waals surface area contributed by atoms with Gasteiger partial charge in [0.25, 0.3) is 0 Å². The number of nitrogen functional groups attached to an aromatic ring is 1. The molecule has 3 rings (SSSR count). The number of anilines is 1. The van der Waals surface area contributed by atoms with E-state index in [1.807, 2.05) is 48.5 Å². The van der Waals surface area contributed by atoms with Crippen LogP contribution in [0.25, 0.3) is 0 Å². The molecule has 5 nitrogen and oxygen atoms in total. The van der Waals surface area contributed by atoms with Crippen LogP contribution in [0.3, 0.4) is 0 Å². The zero-order valence-corrected chi connectivity index (χ0v) is 14.5. The van der Waals surface area contributed by atoms with E-state index in [1.54, 1.807) is 11.8 Å². The van der Waals surface area contributed by atoms with Gasteiger partial charge in [0.15, 0.2) is 0 Å². The van der Waals surface area contributed by atoms with Crippen molar-refractivity contribution in [2.45, 2.75) is 13.0 Å². The molecular weight excluding hydrogens is 336 g/mol. The molecule has 6 heteroatoms. The Bertz CT molecular complexity index is 926. The van der Waals surface area contributed by atoms with E-state index in [2.05, 4.69) is 11.2 Å². The fourth-order valence-corrected chi connectivity index (χ4v) is 2.82. The van der Waals surface area contributed by atoms with Crippen molar-refractivity contribution in [3.63, 3.8) is 0 Å². The molecule has 0 amide bonds. The van der Waals surface area contributed by atoms with Crippen molar-refractivity contribution < 1.29 is 4.74 Å². The summed E-state index contributed by atoms with van der Waals surface area (Å²) in [7, 11) is 1.63. The Morgan fingerprint density at radius 1 is 1.20 bits per heavy atom. The van der Waals surface area contributed by atoms with Gasteiger partial charge in [-0.05, 0) is 29.3 Å². The van der Waals surface area contributed by atoms with Gasteiger partial charge in [0.05, 0.1) is 19.3 Å². The molecule has 0 radical (unpaired) electrons. The second kappa shape index (κ2) is 7.29. The van der Waals surface area contributed by atoms with Gasteiger partial charge < -0.3 is 10.5 Å². The Hall–Kier alpha value is -2.97. The summed E-state index contributed by atoms with van der Waals surface area (Å²) >= 11 is 6.21. The molecular formula is C19H17ClN4O. The Morgan fingerprint density at radius 2 is 1.92 bits per heavy atom. The van der Waals surface area contributed by atoms with Crippen molar-refractivity contribution in [3.05, 3.63) is 75.9 Å². The lowest BCUT2D eigenvalue weighted by Gasteiger charge is -2.05. The summed E-state index contributed by atoms with van der Waals surface area (Å²) < 4.78 is 6.80. The van der Waals surface area contributed by atoms with E-state index in [1.165, 1.54) is 0 Å². The zero-order valence-electron chi connectivity index (χ0n) is 13.7. The van der Waals surface area contributed by atoms with E-state index in [4.69, 9.17) is 22.1 Å². The van der Waals surface area contributed by atoms with E-state index < -0.39 is 0 Å². The smallest absolute Gasteiger partial charge is 0.140 e. The molecule has 0 saturated heterocycles. The highest BCUT2D eigenvalue weighted by molar-refractivity contribution is 6.31. The topological polar surface area (TPSA) is 76.9 Å². The summed E-state index contributed by atoms with van der Waals surface area (Å²) in [4.78, 5) is 0. The highest BCUT2D eigenvalue weighted by Gasteiger charge is 2.17. The van der Waals surface area contributed by atoms with Crippen LogP contribution < -0.4 is 10.5 Å². The molecule has 0 spiro atoms. The average molecular weight is 353 g/mol. The van der Waals surface area contributed by atoms with Crippen LogP contribution in [0.4, 0.5) is 5.82 Å². The number of rotatable bonds is 5. The minimum Gasteiger partial charge on any atom is -0.497 e. The number of halogens is 1. The third-order valence-electron chi connectivity index (χ3n) is 3.98. The van der Waals surface area contributed by atoms with Crippen LogP contribution in [-0.2, 0) is 13.0 Å². The summed E-state index contributed by atoms with van der Waals surface area (Å²) in [5, 5.41) is 14.6. The molecule has 0 aliphatic rings. The fourth-order valence-electron chi connectivity index (χ4n) is 2.62. The molecule has 0 fully saturated rings. The largest absolute Gasteiger partial charge is 0.497 e. The maximum atomic E-state index is 9.46. The van der Waals surface area contributed by atoms with Crippen molar-refractivity contribution in [3.8, 4) is 11.8 Å². The van der Waals surface area contributed by atoms with Crippen molar-refractivity contribution in [1.29, 1.82) is 5.26 Å². The van der Waals surface area contributed by atoms with Gasteiger partial charge in [-0.3, -0.25) is 0 Å². The number of nitrogens with zero attached hydrogens (tertiary/aromatic N) is 3. The van der Waals surface area contributed by atoms with Crippen molar-refractivity contribution >= 4 is 17.4 Å². The van der Waals surface area contributed by atoms with Crippen LogP contribution in [0.1, 0.15) is 22.4 Å². The molecule has 126 valence electrons. The van der Waals surface area contributed by atoms with Gasteiger partial charge in [0.2, 0.25) is 0 Å². The number of benzene rings is 2. The molecule has 2 N–H and O–H groups in total. The summed E-state index contributed by atoms with van der Waals surface area (Å²) in [6.45, 7) is 0.479. The van der Waals surface area contributed by atoms with Crippen molar-refractivity contribution in [2.24, 2.45) is 0 Å². The first-order chi connectivity index (χ1) is 12.1. The highest BCUT2D eigenvalue weighted by Crippen LogP contribution is 2.24. The molecule has 0 bridgehead atoms. The quantitative estimate of drug-likeness (QED) is 0.760. The molecule has 3 aromatic rings. The van der Waals surface area contributed by atoms with Crippen LogP contribution in [0.2, 0.25) is 5.02 Å². The molecule has 0 aliphatic carbocycles. The molecule has 0 aliphatic heterocycles. The van der Waals surface area contributed by atoms with Gasteiger partial charge in [-0.15, -0.1) is 0 Å². The van der Waals surface area contributed by atoms with E-state index in [0.717, 1.165) is 16.9 Å². The Labute approximate surface area is 151 Å². The van der Waals surface area contributed by atoms with E-state index >= 15 is 0 Å². The number of nitrogens with two attached hydrogens (primary N) is 1. The molecule has 2 aromatic carbocycles. The molecule has 0 unspecified atom stereocenters. The summed E-state index contributed by atoms with van der Waals surface area (Å²) in [5.41, 5.74) is 9.08. The van der Waals surface area contributed by atoms with Gasteiger partial charge >= 0.3 is 0 Å². The number of aromatic nitrogens is 2. The number of hydrogen-bond acceptors (Lipinski definition) is 4. The Morgan fingerprint density at radius 3 is 2.56 bits per heavy atom. The molecule has 25 heavy (non-hydrogen) atoms. The first-order valence-electron chi connectivity index (χ1n) is 7.74. The summed E-state index contributed by atoms with van der Waals surface area (Å²) in [6.07, 6.45) is 0.461. The third-order valence-corrected chi connectivity index (χ3v) is 4.35. The van der Waals surface area contributed by atoms with Crippen LogP contribution in [0, 0.1) is 11.3 Å². The molecule has 1 heterocycles. The fraction of sp³-hybridized carbons (Fsp3) is 0.158. The monoisotopic (exact) mass is 352 g/mol. The summed E-state index contributed by atoms with van der Waals surface area (Å²) in [5.74, 6) is 1.15.